The Morgan fingerprint density at radius 1 is 0.352 bits per heavy atom. The van der Waals surface area contributed by atoms with E-state index in [0.717, 1.165) is 71.9 Å². The van der Waals surface area contributed by atoms with Gasteiger partial charge in [0.25, 0.3) is 0 Å². The van der Waals surface area contributed by atoms with Gasteiger partial charge in [0, 0.05) is 21.5 Å². The summed E-state index contributed by atoms with van der Waals surface area (Å²) in [5.74, 6) is -1.85. The lowest BCUT2D eigenvalue weighted by Crippen LogP contribution is -2.05. The number of nitrogens with zero attached hydrogens (tertiary/aromatic N) is 3. The average Bonchev–Trinajstić information content (AvgIpc) is 3.74. The predicted molar refractivity (Wildman–Crippen MR) is 216 cm³/mol. The average molecular weight is 698 g/mol. The van der Waals surface area contributed by atoms with Crippen molar-refractivity contribution in [2.45, 2.75) is 0 Å². The summed E-state index contributed by atoms with van der Waals surface area (Å²) in [5, 5.41) is 15.4. The fourth-order valence-electron chi connectivity index (χ4n) is 8.01. The molecular formula is C49H29F2N3. The molecule has 0 N–H and O–H groups in total. The van der Waals surface area contributed by atoms with Crippen LogP contribution < -0.4 is 0 Å². The van der Waals surface area contributed by atoms with Crippen molar-refractivity contribution in [1.82, 2.24) is 9.13 Å². The minimum absolute atomic E-state index is 0.450. The van der Waals surface area contributed by atoms with Gasteiger partial charge in [-0.3, -0.25) is 0 Å². The van der Waals surface area contributed by atoms with Crippen LogP contribution in [0.15, 0.2) is 176 Å². The third kappa shape index (κ3) is 4.92. The molecule has 0 saturated carbocycles. The third-order valence-corrected chi connectivity index (χ3v) is 10.5. The second-order valence-corrected chi connectivity index (χ2v) is 13.5. The lowest BCUT2D eigenvalue weighted by atomic mass is 9.99. The van der Waals surface area contributed by atoms with Gasteiger partial charge in [-0.2, -0.15) is 5.26 Å². The Morgan fingerprint density at radius 2 is 0.778 bits per heavy atom. The highest BCUT2D eigenvalue weighted by atomic mass is 19.2. The Balaban J connectivity index is 1.31. The smallest absolute Gasteiger partial charge is 0.159 e. The van der Waals surface area contributed by atoms with Crippen LogP contribution in [0, 0.1) is 23.0 Å². The molecule has 54 heavy (non-hydrogen) atoms. The fraction of sp³-hybridized carbons (Fsp3) is 0. The Labute approximate surface area is 309 Å². The number of rotatable bonds is 5. The zero-order valence-electron chi connectivity index (χ0n) is 28.8. The maximum absolute atomic E-state index is 14.9. The molecule has 0 atom stereocenters. The molecule has 5 heteroatoms. The van der Waals surface area contributed by atoms with E-state index < -0.39 is 11.6 Å². The maximum Gasteiger partial charge on any atom is 0.159 e. The van der Waals surface area contributed by atoms with Gasteiger partial charge in [-0.25, -0.2) is 8.78 Å². The first-order chi connectivity index (χ1) is 26.6. The maximum atomic E-state index is 14.9. The molecular weight excluding hydrogens is 669 g/mol. The first-order valence-corrected chi connectivity index (χ1v) is 17.8. The van der Waals surface area contributed by atoms with Gasteiger partial charge in [0.2, 0.25) is 0 Å². The number of hydrogen-bond donors (Lipinski definition) is 0. The van der Waals surface area contributed by atoms with Crippen molar-refractivity contribution in [2.75, 3.05) is 0 Å². The van der Waals surface area contributed by atoms with Gasteiger partial charge in [-0.05, 0) is 94.0 Å². The topological polar surface area (TPSA) is 33.6 Å². The molecule has 254 valence electrons. The molecule has 0 amide bonds. The predicted octanol–water partition coefficient (Wildman–Crippen LogP) is 13.0. The van der Waals surface area contributed by atoms with Crippen LogP contribution in [0.3, 0.4) is 0 Å². The van der Waals surface area contributed by atoms with E-state index in [4.69, 9.17) is 0 Å². The Morgan fingerprint density at radius 3 is 1.26 bits per heavy atom. The molecule has 0 aliphatic carbocycles. The molecule has 8 aromatic carbocycles. The highest BCUT2D eigenvalue weighted by Gasteiger charge is 2.23. The van der Waals surface area contributed by atoms with Crippen molar-refractivity contribution in [2.24, 2.45) is 0 Å². The second-order valence-electron chi connectivity index (χ2n) is 13.5. The summed E-state index contributed by atoms with van der Waals surface area (Å²) in [7, 11) is 0. The van der Waals surface area contributed by atoms with Crippen molar-refractivity contribution in [3.05, 3.63) is 193 Å². The zero-order valence-corrected chi connectivity index (χ0v) is 28.8. The quantitative estimate of drug-likeness (QED) is 0.176. The summed E-state index contributed by atoms with van der Waals surface area (Å²) in [6.07, 6.45) is 0. The molecule has 10 rings (SSSR count). The molecule has 0 saturated heterocycles. The van der Waals surface area contributed by atoms with Gasteiger partial charge >= 0.3 is 0 Å². The normalized spacial score (nSPS) is 11.5. The van der Waals surface area contributed by atoms with Gasteiger partial charge in [0.05, 0.1) is 33.4 Å². The van der Waals surface area contributed by atoms with E-state index in [1.807, 2.05) is 72.8 Å². The molecule has 0 aliphatic heterocycles. The molecule has 2 aromatic heterocycles. The van der Waals surface area contributed by atoms with Gasteiger partial charge in [-0.1, -0.05) is 115 Å². The number of halogens is 2. The molecule has 0 unspecified atom stereocenters. The van der Waals surface area contributed by atoms with Crippen LogP contribution in [0.2, 0.25) is 0 Å². The molecule has 0 bridgehead atoms. The number of benzene rings is 8. The summed E-state index contributed by atoms with van der Waals surface area (Å²) in [6.45, 7) is 0. The summed E-state index contributed by atoms with van der Waals surface area (Å²) in [5.41, 5.74) is 11.0. The SMILES string of the molecule is N#Cc1c(-n2c3ccccc3c3cc(-c4ccccc4)ccc32)cc(-c2ccc(F)c(F)c2)cc1-n1c2ccccc2c2cc(-c3ccccc3)ccc21. The monoisotopic (exact) mass is 697 g/mol. The zero-order chi connectivity index (χ0) is 36.3. The van der Waals surface area contributed by atoms with E-state index in [1.165, 1.54) is 6.07 Å². The van der Waals surface area contributed by atoms with Crippen molar-refractivity contribution >= 4 is 43.6 Å². The summed E-state index contributed by atoms with van der Waals surface area (Å²) in [6, 6.07) is 60.2. The van der Waals surface area contributed by atoms with E-state index in [-0.39, 0.29) is 0 Å². The van der Waals surface area contributed by atoms with Crippen molar-refractivity contribution in [3.63, 3.8) is 0 Å². The van der Waals surface area contributed by atoms with E-state index >= 15 is 0 Å². The molecule has 3 nitrogen and oxygen atoms in total. The third-order valence-electron chi connectivity index (χ3n) is 10.5. The van der Waals surface area contributed by atoms with Crippen LogP contribution in [-0.4, -0.2) is 9.13 Å². The van der Waals surface area contributed by atoms with Gasteiger partial charge in [-0.15, -0.1) is 0 Å². The van der Waals surface area contributed by atoms with E-state index in [2.05, 4.69) is 100 Å². The minimum Gasteiger partial charge on any atom is -0.308 e. The summed E-state index contributed by atoms with van der Waals surface area (Å²) >= 11 is 0. The number of nitriles is 1. The lowest BCUT2D eigenvalue weighted by Gasteiger charge is -2.18. The van der Waals surface area contributed by atoms with Crippen molar-refractivity contribution in [3.8, 4) is 50.8 Å². The minimum atomic E-state index is -0.935. The number of fused-ring (bicyclic) bond motifs is 6. The Bertz CT molecular complexity index is 2950. The molecule has 0 fully saturated rings. The highest BCUT2D eigenvalue weighted by molar-refractivity contribution is 6.12. The summed E-state index contributed by atoms with van der Waals surface area (Å²) < 4.78 is 33.5. The molecule has 0 aliphatic rings. The van der Waals surface area contributed by atoms with E-state index in [0.29, 0.717) is 28.1 Å². The number of hydrogen-bond acceptors (Lipinski definition) is 1. The Hall–Kier alpha value is -7.29. The molecule has 10 aromatic rings. The van der Waals surface area contributed by atoms with Crippen molar-refractivity contribution < 1.29 is 8.78 Å². The fourth-order valence-corrected chi connectivity index (χ4v) is 8.01. The van der Waals surface area contributed by atoms with Gasteiger partial charge in [0.1, 0.15) is 11.6 Å². The van der Waals surface area contributed by atoms with Crippen molar-refractivity contribution in [1.29, 1.82) is 5.26 Å². The first kappa shape index (κ1) is 31.4. The number of aromatic nitrogens is 2. The highest BCUT2D eigenvalue weighted by Crippen LogP contribution is 2.41. The first-order valence-electron chi connectivity index (χ1n) is 17.8. The van der Waals surface area contributed by atoms with Crippen LogP contribution in [0.5, 0.6) is 0 Å². The number of para-hydroxylation sites is 2. The molecule has 2 heterocycles. The molecule has 0 radical (unpaired) electrons. The second kappa shape index (κ2) is 12.4. The van der Waals surface area contributed by atoms with Crippen LogP contribution in [0.4, 0.5) is 8.78 Å². The van der Waals surface area contributed by atoms with Crippen LogP contribution in [0.25, 0.3) is 88.4 Å². The van der Waals surface area contributed by atoms with Gasteiger partial charge < -0.3 is 9.13 Å². The van der Waals surface area contributed by atoms with E-state index in [9.17, 15) is 14.0 Å². The van der Waals surface area contributed by atoms with Crippen LogP contribution >= 0.6 is 0 Å². The van der Waals surface area contributed by atoms with Crippen LogP contribution in [0.1, 0.15) is 5.56 Å². The van der Waals surface area contributed by atoms with Gasteiger partial charge in [0.15, 0.2) is 11.6 Å². The standard InChI is InChI=1S/C49H29F2N3/c50-42-22-19-35(27-43(42)51)36-28-48(53-44-17-9-7-15-37(44)39-25-33(20-23-46(39)53)31-11-3-1-4-12-31)41(30-52)49(29-36)54-45-18-10-8-16-38(45)40-26-34(21-24-47(40)54)32-13-5-2-6-14-32/h1-29H. The summed E-state index contributed by atoms with van der Waals surface area (Å²) in [4.78, 5) is 0. The largest absolute Gasteiger partial charge is 0.308 e. The molecule has 0 spiro atoms. The van der Waals surface area contributed by atoms with Crippen LogP contribution in [-0.2, 0) is 0 Å². The Kier molecular flexibility index (Phi) is 7.24. The lowest BCUT2D eigenvalue weighted by molar-refractivity contribution is 0.509. The van der Waals surface area contributed by atoms with E-state index in [1.54, 1.807) is 6.07 Å².